The highest BCUT2D eigenvalue weighted by molar-refractivity contribution is 5.98. The highest BCUT2D eigenvalue weighted by atomic mass is 16.5. The Bertz CT molecular complexity index is 522. The van der Waals surface area contributed by atoms with Crippen molar-refractivity contribution < 1.29 is 14.3 Å². The molecule has 1 N–H and O–H groups in total. The number of piperazine rings is 1. The van der Waals surface area contributed by atoms with Crippen LogP contribution in [-0.4, -0.2) is 49.4 Å². The van der Waals surface area contributed by atoms with Gasteiger partial charge in [0.25, 0.3) is 0 Å². The number of amides is 1. The molecule has 0 aliphatic carbocycles. The van der Waals surface area contributed by atoms with E-state index >= 15 is 0 Å². The summed E-state index contributed by atoms with van der Waals surface area (Å²) < 4.78 is 5.64. The number of nitrogens with one attached hydrogen (secondary N) is 1. The molecule has 0 bridgehead atoms. The van der Waals surface area contributed by atoms with Crippen LogP contribution >= 0.6 is 0 Å². The van der Waals surface area contributed by atoms with Gasteiger partial charge in [0.1, 0.15) is 5.75 Å². The van der Waals surface area contributed by atoms with Crippen LogP contribution in [0.1, 0.15) is 49.4 Å². The summed E-state index contributed by atoms with van der Waals surface area (Å²) in [4.78, 5) is 26.1. The van der Waals surface area contributed by atoms with Crippen molar-refractivity contribution in [3.63, 3.8) is 0 Å². The Labute approximate surface area is 144 Å². The number of benzene rings is 1. The van der Waals surface area contributed by atoms with E-state index in [0.29, 0.717) is 12.2 Å². The molecule has 1 aliphatic rings. The number of hydrogen-bond acceptors (Lipinski definition) is 4. The van der Waals surface area contributed by atoms with Gasteiger partial charge < -0.3 is 15.0 Å². The summed E-state index contributed by atoms with van der Waals surface area (Å²) in [5.41, 5.74) is 0.643. The third kappa shape index (κ3) is 5.96. The van der Waals surface area contributed by atoms with Crippen LogP contribution in [0.5, 0.6) is 5.75 Å². The average Bonchev–Trinajstić information content (AvgIpc) is 2.64. The lowest BCUT2D eigenvalue weighted by molar-refractivity contribution is -0.131. The minimum absolute atomic E-state index is 0.0102. The number of rotatable bonds is 9. The van der Waals surface area contributed by atoms with Crippen LogP contribution in [-0.2, 0) is 4.79 Å². The van der Waals surface area contributed by atoms with Crippen LogP contribution in [0.2, 0.25) is 0 Å². The Morgan fingerprint density at radius 2 is 1.79 bits per heavy atom. The maximum absolute atomic E-state index is 12.2. The van der Waals surface area contributed by atoms with Gasteiger partial charge in [-0.05, 0) is 30.7 Å². The van der Waals surface area contributed by atoms with Crippen molar-refractivity contribution in [2.24, 2.45) is 0 Å². The molecule has 1 aromatic carbocycles. The standard InChI is InChI=1S/C19H28N2O3/c1-2-3-4-15-24-17-7-5-16(6-8-17)18(22)9-10-19(23)21-13-11-20-12-14-21/h5-8,20H,2-4,9-15H2,1H3. The summed E-state index contributed by atoms with van der Waals surface area (Å²) in [5, 5.41) is 3.21. The lowest BCUT2D eigenvalue weighted by Crippen LogP contribution is -2.46. The van der Waals surface area contributed by atoms with Crippen LogP contribution in [0.15, 0.2) is 24.3 Å². The van der Waals surface area contributed by atoms with E-state index in [1.165, 1.54) is 6.42 Å². The quantitative estimate of drug-likeness (QED) is 0.558. The molecule has 0 aromatic heterocycles. The molecule has 1 aliphatic heterocycles. The van der Waals surface area contributed by atoms with Crippen molar-refractivity contribution in [2.75, 3.05) is 32.8 Å². The zero-order valence-electron chi connectivity index (χ0n) is 14.6. The molecule has 132 valence electrons. The molecule has 24 heavy (non-hydrogen) atoms. The summed E-state index contributed by atoms with van der Waals surface area (Å²) in [6.07, 6.45) is 3.93. The molecule has 0 radical (unpaired) electrons. The SMILES string of the molecule is CCCCCOc1ccc(C(=O)CCC(=O)N2CCNCC2)cc1. The fourth-order valence-electron chi connectivity index (χ4n) is 2.72. The predicted octanol–water partition coefficient (Wildman–Crippen LogP) is 2.65. The normalized spacial score (nSPS) is 14.5. The Hall–Kier alpha value is -1.88. The van der Waals surface area contributed by atoms with Gasteiger partial charge in [-0.15, -0.1) is 0 Å². The maximum atomic E-state index is 12.2. The molecule has 0 unspecified atom stereocenters. The highest BCUT2D eigenvalue weighted by Gasteiger charge is 2.17. The molecule has 1 heterocycles. The molecule has 0 atom stereocenters. The third-order valence-electron chi connectivity index (χ3n) is 4.23. The first-order chi connectivity index (χ1) is 11.7. The van der Waals surface area contributed by atoms with Gasteiger partial charge >= 0.3 is 0 Å². The van der Waals surface area contributed by atoms with Crippen LogP contribution in [0.3, 0.4) is 0 Å². The predicted molar refractivity (Wildman–Crippen MR) is 94.5 cm³/mol. The van der Waals surface area contributed by atoms with Crippen molar-refractivity contribution in [2.45, 2.75) is 39.0 Å². The topological polar surface area (TPSA) is 58.6 Å². The fraction of sp³-hybridized carbons (Fsp3) is 0.579. The Morgan fingerprint density at radius 1 is 1.08 bits per heavy atom. The molecule has 1 saturated heterocycles. The number of ether oxygens (including phenoxy) is 1. The zero-order chi connectivity index (χ0) is 17.2. The van der Waals surface area contributed by atoms with E-state index in [9.17, 15) is 9.59 Å². The van der Waals surface area contributed by atoms with Crippen molar-refractivity contribution in [3.05, 3.63) is 29.8 Å². The number of Topliss-reactive ketones (excluding diaryl/α,β-unsaturated/α-hetero) is 1. The van der Waals surface area contributed by atoms with Gasteiger partial charge in [0.05, 0.1) is 6.61 Å². The second-order valence-corrected chi connectivity index (χ2v) is 6.13. The fourth-order valence-corrected chi connectivity index (χ4v) is 2.72. The Morgan fingerprint density at radius 3 is 2.46 bits per heavy atom. The first kappa shape index (κ1) is 18.5. The molecular formula is C19H28N2O3. The number of ketones is 1. The van der Waals surface area contributed by atoms with E-state index in [1.54, 1.807) is 12.1 Å². The second kappa shape index (κ2) is 10.1. The summed E-state index contributed by atoms with van der Waals surface area (Å²) in [6, 6.07) is 7.23. The summed E-state index contributed by atoms with van der Waals surface area (Å²) in [6.45, 7) is 6.00. The van der Waals surface area contributed by atoms with Crippen LogP contribution < -0.4 is 10.1 Å². The van der Waals surface area contributed by atoms with Gasteiger partial charge in [0.2, 0.25) is 5.91 Å². The van der Waals surface area contributed by atoms with Crippen LogP contribution in [0, 0.1) is 0 Å². The van der Waals surface area contributed by atoms with Crippen molar-refractivity contribution >= 4 is 11.7 Å². The molecule has 5 nitrogen and oxygen atoms in total. The minimum Gasteiger partial charge on any atom is -0.494 e. The van der Waals surface area contributed by atoms with Gasteiger partial charge in [-0.1, -0.05) is 19.8 Å². The number of carbonyl (C=O) groups excluding carboxylic acids is 2. The first-order valence-electron chi connectivity index (χ1n) is 8.95. The van der Waals surface area contributed by atoms with E-state index in [0.717, 1.165) is 44.8 Å². The smallest absolute Gasteiger partial charge is 0.223 e. The monoisotopic (exact) mass is 332 g/mol. The Kier molecular flexibility index (Phi) is 7.75. The number of carbonyl (C=O) groups is 2. The second-order valence-electron chi connectivity index (χ2n) is 6.13. The van der Waals surface area contributed by atoms with E-state index in [4.69, 9.17) is 4.74 Å². The van der Waals surface area contributed by atoms with Gasteiger partial charge in [-0.25, -0.2) is 0 Å². The molecular weight excluding hydrogens is 304 g/mol. The first-order valence-corrected chi connectivity index (χ1v) is 8.95. The Balaban J connectivity index is 1.74. The summed E-state index contributed by atoms with van der Waals surface area (Å²) in [7, 11) is 0. The number of hydrogen-bond donors (Lipinski definition) is 1. The van der Waals surface area contributed by atoms with E-state index in [2.05, 4.69) is 12.2 Å². The lowest BCUT2D eigenvalue weighted by Gasteiger charge is -2.27. The summed E-state index contributed by atoms with van der Waals surface area (Å²) >= 11 is 0. The van der Waals surface area contributed by atoms with Gasteiger partial charge in [0, 0.05) is 44.6 Å². The van der Waals surface area contributed by atoms with Crippen molar-refractivity contribution in [1.29, 1.82) is 0 Å². The minimum atomic E-state index is 0.0102. The maximum Gasteiger partial charge on any atom is 0.223 e. The molecule has 1 fully saturated rings. The van der Waals surface area contributed by atoms with Gasteiger partial charge in [-0.2, -0.15) is 0 Å². The van der Waals surface area contributed by atoms with Gasteiger partial charge in [-0.3, -0.25) is 9.59 Å². The molecule has 1 aromatic rings. The molecule has 2 rings (SSSR count). The van der Waals surface area contributed by atoms with Crippen LogP contribution in [0.4, 0.5) is 0 Å². The highest BCUT2D eigenvalue weighted by Crippen LogP contribution is 2.15. The molecule has 1 amide bonds. The molecule has 0 saturated carbocycles. The molecule has 0 spiro atoms. The van der Waals surface area contributed by atoms with Crippen LogP contribution in [0.25, 0.3) is 0 Å². The lowest BCUT2D eigenvalue weighted by atomic mass is 10.1. The van der Waals surface area contributed by atoms with Crippen molar-refractivity contribution in [3.8, 4) is 5.75 Å². The zero-order valence-corrected chi connectivity index (χ0v) is 14.6. The number of unbranched alkanes of at least 4 members (excludes halogenated alkanes) is 2. The third-order valence-corrected chi connectivity index (χ3v) is 4.23. The largest absolute Gasteiger partial charge is 0.494 e. The molecule has 5 heteroatoms. The van der Waals surface area contributed by atoms with E-state index in [-0.39, 0.29) is 24.5 Å². The van der Waals surface area contributed by atoms with Gasteiger partial charge in [0.15, 0.2) is 5.78 Å². The summed E-state index contributed by atoms with van der Waals surface area (Å²) in [5.74, 6) is 0.872. The van der Waals surface area contributed by atoms with E-state index < -0.39 is 0 Å². The number of nitrogens with zero attached hydrogens (tertiary/aromatic N) is 1. The average molecular weight is 332 g/mol. The van der Waals surface area contributed by atoms with E-state index in [1.807, 2.05) is 17.0 Å². The van der Waals surface area contributed by atoms with Crippen molar-refractivity contribution in [1.82, 2.24) is 10.2 Å².